The largest absolute Gasteiger partial charge is 0.370 e. The summed E-state index contributed by atoms with van der Waals surface area (Å²) >= 11 is 3.68. The van der Waals surface area contributed by atoms with E-state index < -0.39 is 0 Å². The summed E-state index contributed by atoms with van der Waals surface area (Å²) in [6.07, 6.45) is 0. The number of guanidine groups is 1. The Kier molecular flexibility index (Phi) is 6.72. The van der Waals surface area contributed by atoms with Crippen LogP contribution < -0.4 is 5.73 Å². The van der Waals surface area contributed by atoms with Crippen molar-refractivity contribution in [3.63, 3.8) is 0 Å². The molecule has 0 atom stereocenters. The van der Waals surface area contributed by atoms with Crippen molar-refractivity contribution in [1.82, 2.24) is 9.88 Å². The maximum absolute atomic E-state index is 6.00. The third kappa shape index (κ3) is 4.27. The topological polar surface area (TPSA) is 54.5 Å². The molecule has 7 heteroatoms. The molecule has 0 spiro atoms. The highest BCUT2D eigenvalue weighted by molar-refractivity contribution is 14.0. The summed E-state index contributed by atoms with van der Waals surface area (Å²) in [5, 5.41) is 1.10. The van der Waals surface area contributed by atoms with Gasteiger partial charge in [-0.25, -0.2) is 9.98 Å². The summed E-state index contributed by atoms with van der Waals surface area (Å²) < 4.78 is 0. The number of thiazole rings is 1. The SMILES string of the molecule is Cc1nc(C)c(CN=C(N)N2CCSCC2)s1.I. The standard InChI is InChI=1S/C11H18N4S2.HI/c1-8-10(17-9(2)14-8)7-13-11(12)15-3-5-16-6-4-15;/h3-7H2,1-2H3,(H2,12,13);1H. The summed E-state index contributed by atoms with van der Waals surface area (Å²) in [6.45, 7) is 6.74. The molecular formula is C11H19IN4S2. The zero-order valence-electron chi connectivity index (χ0n) is 10.7. The number of nitrogens with zero attached hydrogens (tertiary/aromatic N) is 3. The molecule has 1 fully saturated rings. The van der Waals surface area contributed by atoms with Crippen molar-refractivity contribution < 1.29 is 0 Å². The Bertz CT molecular complexity index is 413. The van der Waals surface area contributed by atoms with E-state index in [4.69, 9.17) is 5.73 Å². The molecule has 4 nitrogen and oxygen atoms in total. The number of aromatic nitrogens is 1. The maximum atomic E-state index is 6.00. The van der Waals surface area contributed by atoms with Crippen LogP contribution in [0.25, 0.3) is 0 Å². The van der Waals surface area contributed by atoms with Crippen LogP contribution in [0.5, 0.6) is 0 Å². The van der Waals surface area contributed by atoms with Gasteiger partial charge >= 0.3 is 0 Å². The van der Waals surface area contributed by atoms with Crippen molar-refractivity contribution >= 4 is 53.0 Å². The summed E-state index contributed by atoms with van der Waals surface area (Å²) in [6, 6.07) is 0. The number of rotatable bonds is 2. The van der Waals surface area contributed by atoms with Crippen LogP contribution in [-0.2, 0) is 6.54 Å². The van der Waals surface area contributed by atoms with Gasteiger partial charge in [0.25, 0.3) is 0 Å². The third-order valence-corrected chi connectivity index (χ3v) is 4.72. The smallest absolute Gasteiger partial charge is 0.191 e. The highest BCUT2D eigenvalue weighted by Gasteiger charge is 2.12. The quantitative estimate of drug-likeness (QED) is 0.472. The fourth-order valence-corrected chi connectivity index (χ4v) is 3.53. The van der Waals surface area contributed by atoms with Gasteiger partial charge in [0.15, 0.2) is 5.96 Å². The lowest BCUT2D eigenvalue weighted by Crippen LogP contribution is -2.42. The molecule has 1 aromatic heterocycles. The van der Waals surface area contributed by atoms with E-state index in [9.17, 15) is 0 Å². The number of nitrogens with two attached hydrogens (primary N) is 1. The van der Waals surface area contributed by atoms with Gasteiger partial charge in [-0.2, -0.15) is 11.8 Å². The van der Waals surface area contributed by atoms with Gasteiger partial charge in [-0.1, -0.05) is 0 Å². The monoisotopic (exact) mass is 398 g/mol. The van der Waals surface area contributed by atoms with E-state index >= 15 is 0 Å². The van der Waals surface area contributed by atoms with Crippen molar-refractivity contribution in [2.45, 2.75) is 20.4 Å². The zero-order chi connectivity index (χ0) is 12.3. The number of thioether (sulfide) groups is 1. The van der Waals surface area contributed by atoms with Gasteiger partial charge in [-0.05, 0) is 13.8 Å². The average molecular weight is 398 g/mol. The first-order valence-corrected chi connectivity index (χ1v) is 7.69. The van der Waals surface area contributed by atoms with Gasteiger partial charge in [0, 0.05) is 29.5 Å². The summed E-state index contributed by atoms with van der Waals surface area (Å²) in [4.78, 5) is 12.3. The van der Waals surface area contributed by atoms with E-state index in [0.717, 1.165) is 35.3 Å². The molecule has 0 radical (unpaired) electrons. The van der Waals surface area contributed by atoms with Crippen molar-refractivity contribution in [2.24, 2.45) is 10.7 Å². The van der Waals surface area contributed by atoms with Crippen molar-refractivity contribution in [1.29, 1.82) is 0 Å². The molecule has 0 aliphatic carbocycles. The Morgan fingerprint density at radius 1 is 1.39 bits per heavy atom. The van der Waals surface area contributed by atoms with Gasteiger partial charge in [-0.15, -0.1) is 35.3 Å². The fourth-order valence-electron chi connectivity index (χ4n) is 1.77. The number of hydrogen-bond donors (Lipinski definition) is 1. The van der Waals surface area contributed by atoms with E-state index in [2.05, 4.69) is 14.9 Å². The first kappa shape index (κ1) is 16.0. The number of aryl methyl sites for hydroxylation is 2. The number of aliphatic imine (C=N–C) groups is 1. The number of hydrogen-bond acceptors (Lipinski definition) is 4. The molecule has 1 aromatic rings. The lowest BCUT2D eigenvalue weighted by atomic mass is 10.4. The fraction of sp³-hybridized carbons (Fsp3) is 0.636. The predicted octanol–water partition coefficient (Wildman–Crippen LogP) is 2.24. The molecule has 0 aromatic carbocycles. The van der Waals surface area contributed by atoms with Gasteiger partial charge in [0.05, 0.1) is 17.2 Å². The minimum absolute atomic E-state index is 0. The van der Waals surface area contributed by atoms with Gasteiger partial charge in [0.2, 0.25) is 0 Å². The molecule has 0 saturated carbocycles. The first-order chi connectivity index (χ1) is 8.16. The lowest BCUT2D eigenvalue weighted by molar-refractivity contribution is 0.456. The number of halogens is 1. The summed E-state index contributed by atoms with van der Waals surface area (Å²) in [5.74, 6) is 2.97. The van der Waals surface area contributed by atoms with Crippen LogP contribution >= 0.6 is 47.1 Å². The average Bonchev–Trinajstić information content (AvgIpc) is 2.66. The molecule has 2 rings (SSSR count). The second-order valence-corrected chi connectivity index (χ2v) is 6.53. The van der Waals surface area contributed by atoms with E-state index in [1.54, 1.807) is 11.3 Å². The molecule has 0 bridgehead atoms. The third-order valence-electron chi connectivity index (χ3n) is 2.72. The van der Waals surface area contributed by atoms with Crippen LogP contribution in [0.4, 0.5) is 0 Å². The Morgan fingerprint density at radius 3 is 2.61 bits per heavy atom. The van der Waals surface area contributed by atoms with Crippen LogP contribution in [0.3, 0.4) is 0 Å². The summed E-state index contributed by atoms with van der Waals surface area (Å²) in [7, 11) is 0. The highest BCUT2D eigenvalue weighted by atomic mass is 127. The molecule has 1 aliphatic rings. The molecule has 102 valence electrons. The lowest BCUT2D eigenvalue weighted by Gasteiger charge is -2.27. The zero-order valence-corrected chi connectivity index (χ0v) is 14.6. The second-order valence-electron chi connectivity index (χ2n) is 4.02. The molecule has 2 N–H and O–H groups in total. The molecular weight excluding hydrogens is 379 g/mol. The molecule has 0 amide bonds. The normalized spacial score (nSPS) is 16.6. The molecule has 1 saturated heterocycles. The van der Waals surface area contributed by atoms with E-state index in [-0.39, 0.29) is 24.0 Å². The van der Waals surface area contributed by atoms with Crippen molar-refractivity contribution in [2.75, 3.05) is 24.6 Å². The minimum Gasteiger partial charge on any atom is -0.370 e. The molecule has 1 aliphatic heterocycles. The molecule has 18 heavy (non-hydrogen) atoms. The Balaban J connectivity index is 0.00000162. The summed E-state index contributed by atoms with van der Waals surface area (Å²) in [5.41, 5.74) is 7.09. The van der Waals surface area contributed by atoms with Crippen molar-refractivity contribution in [3.8, 4) is 0 Å². The van der Waals surface area contributed by atoms with E-state index in [1.807, 2.05) is 25.6 Å². The highest BCUT2D eigenvalue weighted by Crippen LogP contribution is 2.18. The Labute approximate surface area is 133 Å². The minimum atomic E-state index is 0. The van der Waals surface area contributed by atoms with Crippen LogP contribution in [0, 0.1) is 13.8 Å². The van der Waals surface area contributed by atoms with Crippen LogP contribution in [0.1, 0.15) is 15.6 Å². The second kappa shape index (κ2) is 7.54. The van der Waals surface area contributed by atoms with Gasteiger partial charge < -0.3 is 10.6 Å². The van der Waals surface area contributed by atoms with Crippen molar-refractivity contribution in [3.05, 3.63) is 15.6 Å². The molecule has 0 unspecified atom stereocenters. The van der Waals surface area contributed by atoms with E-state index in [0.29, 0.717) is 12.5 Å². The first-order valence-electron chi connectivity index (χ1n) is 5.72. The van der Waals surface area contributed by atoms with Crippen LogP contribution in [-0.4, -0.2) is 40.4 Å². The predicted molar refractivity (Wildman–Crippen MR) is 91.2 cm³/mol. The van der Waals surface area contributed by atoms with E-state index in [1.165, 1.54) is 4.88 Å². The Morgan fingerprint density at radius 2 is 2.06 bits per heavy atom. The Hall–Kier alpha value is -0.0200. The van der Waals surface area contributed by atoms with Gasteiger partial charge in [0.1, 0.15) is 0 Å². The van der Waals surface area contributed by atoms with Gasteiger partial charge in [-0.3, -0.25) is 0 Å². The van der Waals surface area contributed by atoms with Crippen LogP contribution in [0.15, 0.2) is 4.99 Å². The maximum Gasteiger partial charge on any atom is 0.191 e. The molecule has 2 heterocycles. The van der Waals surface area contributed by atoms with Crippen LogP contribution in [0.2, 0.25) is 0 Å².